The van der Waals surface area contributed by atoms with E-state index in [0.717, 1.165) is 38.7 Å². The first-order valence-corrected chi connectivity index (χ1v) is 8.34. The maximum Gasteiger partial charge on any atom is 0.149 e. The van der Waals surface area contributed by atoms with Gasteiger partial charge in [0.2, 0.25) is 0 Å². The van der Waals surface area contributed by atoms with E-state index < -0.39 is 0 Å². The Morgan fingerprint density at radius 1 is 1.12 bits per heavy atom. The maximum absolute atomic E-state index is 9.69. The van der Waals surface area contributed by atoms with Gasteiger partial charge in [-0.1, -0.05) is 36.4 Å². The average Bonchev–Trinajstić information content (AvgIpc) is 3.08. The zero-order chi connectivity index (χ0) is 18.1. The Morgan fingerprint density at radius 3 is 2.69 bits per heavy atom. The molecule has 0 atom stereocenters. The van der Waals surface area contributed by atoms with Crippen molar-refractivity contribution in [2.24, 2.45) is 0 Å². The molecule has 0 amide bonds. The number of nitrogens with zero attached hydrogens (tertiary/aromatic N) is 2. The standard InChI is InChI=1S/C22H17N3O/c1-14-7-9-19-20(11-14)25-22(24-19)16(13-23)12-15-8-10-21(26-2)18-6-4-3-5-17(15)18/h3-12H,1-2H3,(H,24,25)/b16-12-. The van der Waals surface area contributed by atoms with Crippen LogP contribution in [-0.4, -0.2) is 17.1 Å². The van der Waals surface area contributed by atoms with Gasteiger partial charge in [-0.3, -0.25) is 0 Å². The fraction of sp³-hybridized carbons (Fsp3) is 0.0909. The number of fused-ring (bicyclic) bond motifs is 2. The predicted molar refractivity (Wildman–Crippen MR) is 105 cm³/mol. The predicted octanol–water partition coefficient (Wildman–Crippen LogP) is 5.10. The molecule has 126 valence electrons. The third kappa shape index (κ3) is 2.70. The van der Waals surface area contributed by atoms with Crippen molar-refractivity contribution in [1.82, 2.24) is 9.97 Å². The minimum Gasteiger partial charge on any atom is -0.496 e. The lowest BCUT2D eigenvalue weighted by atomic mass is 10.0. The molecule has 0 saturated carbocycles. The smallest absolute Gasteiger partial charge is 0.149 e. The van der Waals surface area contributed by atoms with Crippen molar-refractivity contribution in [3.63, 3.8) is 0 Å². The Hall–Kier alpha value is -3.58. The van der Waals surface area contributed by atoms with Crippen LogP contribution in [0.4, 0.5) is 0 Å². The molecule has 0 spiro atoms. The van der Waals surface area contributed by atoms with E-state index in [-0.39, 0.29) is 0 Å². The first kappa shape index (κ1) is 15.9. The molecular weight excluding hydrogens is 322 g/mol. The summed E-state index contributed by atoms with van der Waals surface area (Å²) in [6, 6.07) is 20.2. The molecule has 26 heavy (non-hydrogen) atoms. The topological polar surface area (TPSA) is 61.7 Å². The lowest BCUT2D eigenvalue weighted by Crippen LogP contribution is -1.89. The lowest BCUT2D eigenvalue weighted by molar-refractivity contribution is 0.420. The summed E-state index contributed by atoms with van der Waals surface area (Å²) in [7, 11) is 1.66. The van der Waals surface area contributed by atoms with Gasteiger partial charge in [-0.25, -0.2) is 4.98 Å². The molecule has 0 saturated heterocycles. The summed E-state index contributed by atoms with van der Waals surface area (Å²) >= 11 is 0. The second-order valence-electron chi connectivity index (χ2n) is 6.18. The Labute approximate surface area is 151 Å². The zero-order valence-corrected chi connectivity index (χ0v) is 14.6. The second-order valence-corrected chi connectivity index (χ2v) is 6.18. The number of ether oxygens (including phenoxy) is 1. The fourth-order valence-electron chi connectivity index (χ4n) is 3.16. The van der Waals surface area contributed by atoms with Gasteiger partial charge in [-0.15, -0.1) is 0 Å². The number of H-pyrrole nitrogens is 1. The molecule has 0 unspecified atom stereocenters. The molecule has 1 aromatic heterocycles. The highest BCUT2D eigenvalue weighted by Gasteiger charge is 2.10. The van der Waals surface area contributed by atoms with E-state index >= 15 is 0 Å². The summed E-state index contributed by atoms with van der Waals surface area (Å²) < 4.78 is 5.45. The summed E-state index contributed by atoms with van der Waals surface area (Å²) in [5, 5.41) is 11.7. The number of nitriles is 1. The van der Waals surface area contributed by atoms with E-state index in [4.69, 9.17) is 4.74 Å². The van der Waals surface area contributed by atoms with E-state index in [9.17, 15) is 5.26 Å². The Bertz CT molecular complexity index is 1200. The highest BCUT2D eigenvalue weighted by atomic mass is 16.5. The highest BCUT2D eigenvalue weighted by molar-refractivity contribution is 6.00. The largest absolute Gasteiger partial charge is 0.496 e. The van der Waals surface area contributed by atoms with Crippen LogP contribution in [0.5, 0.6) is 5.75 Å². The van der Waals surface area contributed by atoms with Crippen LogP contribution >= 0.6 is 0 Å². The molecule has 0 radical (unpaired) electrons. The lowest BCUT2D eigenvalue weighted by Gasteiger charge is -2.08. The molecule has 0 aliphatic rings. The minimum absolute atomic E-state index is 0.495. The van der Waals surface area contributed by atoms with Crippen LogP contribution in [0.2, 0.25) is 0 Å². The number of methoxy groups -OCH3 is 1. The number of allylic oxidation sites excluding steroid dienone is 1. The summed E-state index contributed by atoms with van der Waals surface area (Å²) in [6.07, 6.45) is 1.87. The van der Waals surface area contributed by atoms with Crippen LogP contribution in [0.1, 0.15) is 17.0 Å². The molecule has 0 fully saturated rings. The number of aromatic amines is 1. The first-order valence-electron chi connectivity index (χ1n) is 8.34. The van der Waals surface area contributed by atoms with Gasteiger partial charge in [0.1, 0.15) is 17.6 Å². The van der Waals surface area contributed by atoms with Gasteiger partial charge in [-0.05, 0) is 47.7 Å². The molecule has 3 aromatic carbocycles. The first-order chi connectivity index (χ1) is 12.7. The van der Waals surface area contributed by atoms with Gasteiger partial charge in [0, 0.05) is 5.39 Å². The van der Waals surface area contributed by atoms with Crippen molar-refractivity contribution in [3.05, 3.63) is 71.5 Å². The van der Waals surface area contributed by atoms with Gasteiger partial charge in [0.05, 0.1) is 23.7 Å². The fourth-order valence-corrected chi connectivity index (χ4v) is 3.16. The normalized spacial score (nSPS) is 11.7. The summed E-state index contributed by atoms with van der Waals surface area (Å²) in [5.41, 5.74) is 4.38. The van der Waals surface area contributed by atoms with Crippen molar-refractivity contribution in [2.45, 2.75) is 6.92 Å². The number of hydrogen-bond donors (Lipinski definition) is 1. The third-order valence-electron chi connectivity index (χ3n) is 4.45. The quantitative estimate of drug-likeness (QED) is 0.528. The van der Waals surface area contributed by atoms with Crippen molar-refractivity contribution < 1.29 is 4.74 Å². The summed E-state index contributed by atoms with van der Waals surface area (Å²) in [4.78, 5) is 7.82. The molecule has 0 aliphatic heterocycles. The Morgan fingerprint density at radius 2 is 1.92 bits per heavy atom. The van der Waals surface area contributed by atoms with Crippen LogP contribution in [0.25, 0.3) is 33.5 Å². The third-order valence-corrected chi connectivity index (χ3v) is 4.45. The van der Waals surface area contributed by atoms with Crippen molar-refractivity contribution in [1.29, 1.82) is 5.26 Å². The van der Waals surface area contributed by atoms with E-state index in [0.29, 0.717) is 11.4 Å². The molecular formula is C22H17N3O. The summed E-state index contributed by atoms with van der Waals surface area (Å²) in [5.74, 6) is 1.39. The summed E-state index contributed by atoms with van der Waals surface area (Å²) in [6.45, 7) is 2.03. The van der Waals surface area contributed by atoms with E-state index in [2.05, 4.69) is 16.0 Å². The molecule has 0 bridgehead atoms. The van der Waals surface area contributed by atoms with E-state index in [1.807, 2.05) is 67.6 Å². The van der Waals surface area contributed by atoms with E-state index in [1.165, 1.54) is 0 Å². The minimum atomic E-state index is 0.495. The number of aromatic nitrogens is 2. The second kappa shape index (κ2) is 6.38. The number of aryl methyl sites for hydroxylation is 1. The van der Waals surface area contributed by atoms with Crippen LogP contribution in [0.3, 0.4) is 0 Å². The number of imidazole rings is 1. The van der Waals surface area contributed by atoms with Crippen molar-refractivity contribution in [3.8, 4) is 11.8 Å². The van der Waals surface area contributed by atoms with E-state index in [1.54, 1.807) is 7.11 Å². The molecule has 4 heteroatoms. The molecule has 1 N–H and O–H groups in total. The van der Waals surface area contributed by atoms with Crippen LogP contribution in [-0.2, 0) is 0 Å². The molecule has 4 nitrogen and oxygen atoms in total. The number of nitrogens with one attached hydrogen (secondary N) is 1. The van der Waals surface area contributed by atoms with Crippen LogP contribution in [0, 0.1) is 18.3 Å². The molecule has 4 rings (SSSR count). The zero-order valence-electron chi connectivity index (χ0n) is 14.6. The highest BCUT2D eigenvalue weighted by Crippen LogP contribution is 2.30. The Kier molecular flexibility index (Phi) is 3.91. The van der Waals surface area contributed by atoms with Crippen molar-refractivity contribution >= 4 is 33.5 Å². The van der Waals surface area contributed by atoms with Crippen LogP contribution < -0.4 is 4.74 Å². The Balaban J connectivity index is 1.88. The SMILES string of the molecule is COc1ccc(/C=C(/C#N)c2nc3ccc(C)cc3[nH]2)c2ccccc12. The molecule has 4 aromatic rings. The molecule has 1 heterocycles. The number of rotatable bonds is 3. The maximum atomic E-state index is 9.69. The molecule has 0 aliphatic carbocycles. The van der Waals surface area contributed by atoms with Gasteiger partial charge in [0.15, 0.2) is 0 Å². The van der Waals surface area contributed by atoms with Crippen LogP contribution in [0.15, 0.2) is 54.6 Å². The van der Waals surface area contributed by atoms with Gasteiger partial charge in [0.25, 0.3) is 0 Å². The van der Waals surface area contributed by atoms with Gasteiger partial charge < -0.3 is 9.72 Å². The van der Waals surface area contributed by atoms with Gasteiger partial charge in [-0.2, -0.15) is 5.26 Å². The average molecular weight is 339 g/mol. The number of hydrogen-bond acceptors (Lipinski definition) is 3. The monoisotopic (exact) mass is 339 g/mol. The van der Waals surface area contributed by atoms with Gasteiger partial charge >= 0.3 is 0 Å². The number of benzene rings is 3. The van der Waals surface area contributed by atoms with Crippen molar-refractivity contribution in [2.75, 3.05) is 7.11 Å².